The van der Waals surface area contributed by atoms with Gasteiger partial charge in [-0.1, -0.05) is 0 Å². The Hall–Kier alpha value is -1.70. The van der Waals surface area contributed by atoms with Gasteiger partial charge in [0.15, 0.2) is 0 Å². The Morgan fingerprint density at radius 3 is 2.81 bits per heavy atom. The lowest BCUT2D eigenvalue weighted by Gasteiger charge is -2.31. The molecule has 1 atom stereocenters. The van der Waals surface area contributed by atoms with E-state index in [1.54, 1.807) is 0 Å². The number of aliphatic hydroxyl groups excluding tert-OH is 1. The van der Waals surface area contributed by atoms with Gasteiger partial charge in [0, 0.05) is 24.7 Å². The molecule has 1 aromatic rings. The minimum atomic E-state index is -4.52. The first-order valence-electron chi connectivity index (χ1n) is 6.62. The lowest BCUT2D eigenvalue weighted by atomic mass is 9.97. The van der Waals surface area contributed by atoms with Gasteiger partial charge in [-0.3, -0.25) is 4.79 Å². The molecule has 8 heteroatoms. The van der Waals surface area contributed by atoms with E-state index < -0.39 is 24.4 Å². The molecule has 0 aliphatic carbocycles. The highest BCUT2D eigenvalue weighted by Crippen LogP contribution is 2.30. The summed E-state index contributed by atoms with van der Waals surface area (Å²) in [5.74, 6) is -0.656. The average Bonchev–Trinajstić information content (AvgIpc) is 2.45. The van der Waals surface area contributed by atoms with Crippen LogP contribution in [0.5, 0.6) is 0 Å². The third kappa shape index (κ3) is 3.69. The van der Waals surface area contributed by atoms with Gasteiger partial charge in [-0.25, -0.2) is 9.97 Å². The van der Waals surface area contributed by atoms with Crippen LogP contribution in [0.2, 0.25) is 0 Å². The quantitative estimate of drug-likeness (QED) is 0.899. The number of aliphatic hydroxyl groups is 1. The third-order valence-corrected chi connectivity index (χ3v) is 3.44. The fourth-order valence-electron chi connectivity index (χ4n) is 2.43. The minimum Gasteiger partial charge on any atom is -0.387 e. The van der Waals surface area contributed by atoms with E-state index in [2.05, 4.69) is 9.97 Å². The summed E-state index contributed by atoms with van der Waals surface area (Å²) >= 11 is 0. The Balaban J connectivity index is 2.25. The molecule has 1 amide bonds. The van der Waals surface area contributed by atoms with Crippen molar-refractivity contribution in [2.75, 3.05) is 19.7 Å². The molecule has 116 valence electrons. The van der Waals surface area contributed by atoms with Crippen LogP contribution in [0, 0.1) is 6.92 Å². The first kappa shape index (κ1) is 15.7. The molecule has 1 saturated heterocycles. The Bertz CT molecular complexity index is 534. The van der Waals surface area contributed by atoms with Gasteiger partial charge in [-0.2, -0.15) is 13.2 Å². The Kier molecular flexibility index (Phi) is 4.46. The van der Waals surface area contributed by atoms with Crippen LogP contribution in [0.15, 0.2) is 6.07 Å². The number of rotatable bonds is 2. The molecule has 5 nitrogen and oxygen atoms in total. The van der Waals surface area contributed by atoms with Gasteiger partial charge in [0.2, 0.25) is 5.91 Å². The first-order chi connectivity index (χ1) is 9.81. The molecule has 1 aromatic heterocycles. The Morgan fingerprint density at radius 2 is 2.19 bits per heavy atom. The molecule has 21 heavy (non-hydrogen) atoms. The molecule has 1 unspecified atom stereocenters. The predicted molar refractivity (Wildman–Crippen MR) is 67.4 cm³/mol. The average molecular weight is 303 g/mol. The standard InChI is InChI=1S/C13H16F3N3O2/c1-8-5-10(13(14,15)16)18-12(17-8)9-3-2-4-19(6-9)11(21)7-20/h5,9,20H,2-4,6-7H2,1H3. The maximum Gasteiger partial charge on any atom is 0.433 e. The number of amides is 1. The molecule has 0 saturated carbocycles. The van der Waals surface area contributed by atoms with Crippen LogP contribution in [0.1, 0.15) is 36.0 Å². The zero-order chi connectivity index (χ0) is 15.6. The van der Waals surface area contributed by atoms with Gasteiger partial charge in [-0.05, 0) is 25.8 Å². The SMILES string of the molecule is Cc1cc(C(F)(F)F)nc(C2CCCN(C(=O)CO)C2)n1. The molecule has 0 bridgehead atoms. The molecule has 1 aliphatic rings. The number of aryl methyl sites for hydroxylation is 1. The summed E-state index contributed by atoms with van der Waals surface area (Å²) in [6.07, 6.45) is -3.25. The number of nitrogens with zero attached hydrogens (tertiary/aromatic N) is 3. The van der Waals surface area contributed by atoms with E-state index >= 15 is 0 Å². The third-order valence-electron chi connectivity index (χ3n) is 3.44. The van der Waals surface area contributed by atoms with Crippen molar-refractivity contribution in [3.05, 3.63) is 23.3 Å². The van der Waals surface area contributed by atoms with Crippen molar-refractivity contribution in [2.45, 2.75) is 31.9 Å². The zero-order valence-electron chi connectivity index (χ0n) is 11.5. The largest absolute Gasteiger partial charge is 0.433 e. The number of halogens is 3. The molecule has 2 rings (SSSR count). The summed E-state index contributed by atoms with van der Waals surface area (Å²) in [5.41, 5.74) is -0.714. The summed E-state index contributed by atoms with van der Waals surface area (Å²) in [7, 11) is 0. The second-order valence-electron chi connectivity index (χ2n) is 5.09. The van der Waals surface area contributed by atoms with Gasteiger partial charge in [0.05, 0.1) is 0 Å². The van der Waals surface area contributed by atoms with Gasteiger partial charge in [0.1, 0.15) is 18.1 Å². The molecule has 2 heterocycles. The van der Waals surface area contributed by atoms with Gasteiger partial charge in [-0.15, -0.1) is 0 Å². The van der Waals surface area contributed by atoms with E-state index in [1.165, 1.54) is 11.8 Å². The van der Waals surface area contributed by atoms with Crippen molar-refractivity contribution in [3.63, 3.8) is 0 Å². The number of alkyl halides is 3. The van der Waals surface area contributed by atoms with Crippen molar-refractivity contribution in [1.29, 1.82) is 0 Å². The Morgan fingerprint density at radius 1 is 1.48 bits per heavy atom. The molecule has 1 N–H and O–H groups in total. The predicted octanol–water partition coefficient (Wildman–Crippen LogP) is 1.50. The monoisotopic (exact) mass is 303 g/mol. The summed E-state index contributed by atoms with van der Waals surface area (Å²) in [6, 6.07) is 0.906. The summed E-state index contributed by atoms with van der Waals surface area (Å²) in [6.45, 7) is 1.61. The van der Waals surface area contributed by atoms with E-state index in [0.29, 0.717) is 19.4 Å². The molecule has 0 aromatic carbocycles. The normalized spacial score (nSPS) is 19.7. The van der Waals surface area contributed by atoms with E-state index in [9.17, 15) is 18.0 Å². The van der Waals surface area contributed by atoms with Crippen molar-refractivity contribution in [2.24, 2.45) is 0 Å². The van der Waals surface area contributed by atoms with E-state index in [4.69, 9.17) is 5.11 Å². The molecule has 0 radical (unpaired) electrons. The molecule has 1 fully saturated rings. The van der Waals surface area contributed by atoms with Crippen molar-refractivity contribution in [3.8, 4) is 0 Å². The highest BCUT2D eigenvalue weighted by Gasteiger charge is 2.35. The summed E-state index contributed by atoms with van der Waals surface area (Å²) < 4.78 is 38.4. The first-order valence-corrected chi connectivity index (χ1v) is 6.62. The van der Waals surface area contributed by atoms with Gasteiger partial charge in [0.25, 0.3) is 0 Å². The molecular weight excluding hydrogens is 287 g/mol. The molecule has 1 aliphatic heterocycles. The van der Waals surface area contributed by atoms with Crippen LogP contribution in [0.25, 0.3) is 0 Å². The van der Waals surface area contributed by atoms with Crippen molar-refractivity contribution >= 4 is 5.91 Å². The number of likely N-dealkylation sites (tertiary alicyclic amines) is 1. The lowest BCUT2D eigenvalue weighted by molar-refractivity contribution is -0.141. The van der Waals surface area contributed by atoms with E-state index in [0.717, 1.165) is 6.07 Å². The smallest absolute Gasteiger partial charge is 0.387 e. The number of carbonyl (C=O) groups excluding carboxylic acids is 1. The number of piperidine rings is 1. The van der Waals surface area contributed by atoms with Crippen molar-refractivity contribution in [1.82, 2.24) is 14.9 Å². The molecular formula is C13H16F3N3O2. The second kappa shape index (κ2) is 5.97. The van der Waals surface area contributed by atoms with Crippen LogP contribution in [0.3, 0.4) is 0 Å². The number of hydrogen-bond acceptors (Lipinski definition) is 4. The van der Waals surface area contributed by atoms with E-state index in [-0.39, 0.29) is 24.0 Å². The van der Waals surface area contributed by atoms with Crippen LogP contribution >= 0.6 is 0 Å². The minimum absolute atomic E-state index is 0.109. The van der Waals surface area contributed by atoms with Crippen molar-refractivity contribution < 1.29 is 23.1 Å². The lowest BCUT2D eigenvalue weighted by Crippen LogP contribution is -2.41. The second-order valence-corrected chi connectivity index (χ2v) is 5.09. The topological polar surface area (TPSA) is 66.3 Å². The van der Waals surface area contributed by atoms with Gasteiger partial charge < -0.3 is 10.0 Å². The van der Waals surface area contributed by atoms with Crippen LogP contribution in [0.4, 0.5) is 13.2 Å². The zero-order valence-corrected chi connectivity index (χ0v) is 11.5. The number of hydrogen-bond donors (Lipinski definition) is 1. The highest BCUT2D eigenvalue weighted by atomic mass is 19.4. The summed E-state index contributed by atoms with van der Waals surface area (Å²) in [4.78, 5) is 20.6. The highest BCUT2D eigenvalue weighted by molar-refractivity contribution is 5.77. The van der Waals surface area contributed by atoms with Crippen LogP contribution < -0.4 is 0 Å². The maximum atomic E-state index is 12.8. The fraction of sp³-hybridized carbons (Fsp3) is 0.615. The fourth-order valence-corrected chi connectivity index (χ4v) is 2.43. The van der Waals surface area contributed by atoms with Gasteiger partial charge >= 0.3 is 6.18 Å². The summed E-state index contributed by atoms with van der Waals surface area (Å²) in [5, 5.41) is 8.87. The Labute approximate surface area is 119 Å². The number of carbonyl (C=O) groups is 1. The molecule has 0 spiro atoms. The van der Waals surface area contributed by atoms with Crippen LogP contribution in [-0.2, 0) is 11.0 Å². The maximum absolute atomic E-state index is 12.8. The van der Waals surface area contributed by atoms with Crippen LogP contribution in [-0.4, -0.2) is 45.6 Å². The number of aromatic nitrogens is 2. The van der Waals surface area contributed by atoms with E-state index in [1.807, 2.05) is 0 Å².